The van der Waals surface area contributed by atoms with E-state index in [0.29, 0.717) is 5.75 Å². The van der Waals surface area contributed by atoms with Crippen molar-refractivity contribution in [3.8, 4) is 5.75 Å². The lowest BCUT2D eigenvalue weighted by molar-refractivity contribution is -0.136. The van der Waals surface area contributed by atoms with E-state index in [4.69, 9.17) is 4.74 Å². The maximum atomic E-state index is 12.0. The molecule has 3 nitrogen and oxygen atoms in total. The molecule has 0 spiro atoms. The van der Waals surface area contributed by atoms with Gasteiger partial charge in [-0.1, -0.05) is 36.4 Å². The van der Waals surface area contributed by atoms with Crippen molar-refractivity contribution in [3.05, 3.63) is 59.7 Å². The van der Waals surface area contributed by atoms with E-state index in [1.165, 1.54) is 0 Å². The molecule has 0 bridgehead atoms. The van der Waals surface area contributed by atoms with Crippen LogP contribution in [-0.4, -0.2) is 5.97 Å². The summed E-state index contributed by atoms with van der Waals surface area (Å²) in [6, 6.07) is 14.9. The van der Waals surface area contributed by atoms with Crippen molar-refractivity contribution in [3.63, 3.8) is 0 Å². The molecule has 0 radical (unpaired) electrons. The second-order valence-electron chi connectivity index (χ2n) is 4.41. The lowest BCUT2D eigenvalue weighted by Gasteiger charge is -2.26. The maximum absolute atomic E-state index is 12.0. The molecule has 0 unspecified atom stereocenters. The molecule has 0 saturated heterocycles. The first-order valence-corrected chi connectivity index (χ1v) is 5.88. The summed E-state index contributed by atoms with van der Waals surface area (Å²) in [5, 5.41) is 3.22. The minimum Gasteiger partial charge on any atom is -0.423 e. The Hall–Kier alpha value is -2.29. The Bertz CT molecular complexity index is 593. The van der Waals surface area contributed by atoms with Gasteiger partial charge in [0.05, 0.1) is 5.69 Å². The van der Waals surface area contributed by atoms with Crippen molar-refractivity contribution in [1.82, 2.24) is 0 Å². The smallest absolute Gasteiger partial charge is 0.338 e. The third-order valence-corrected chi connectivity index (χ3v) is 3.02. The Morgan fingerprint density at radius 1 is 1.11 bits per heavy atom. The van der Waals surface area contributed by atoms with Gasteiger partial charge in [0.2, 0.25) is 0 Å². The Kier molecular flexibility index (Phi) is 2.52. The summed E-state index contributed by atoms with van der Waals surface area (Å²) in [6.07, 6.45) is 0. The molecule has 0 aromatic heterocycles. The molecule has 2 aromatic rings. The van der Waals surface area contributed by atoms with Crippen molar-refractivity contribution in [2.24, 2.45) is 0 Å². The van der Waals surface area contributed by atoms with E-state index in [1.807, 2.05) is 55.5 Å². The fourth-order valence-electron chi connectivity index (χ4n) is 2.08. The van der Waals surface area contributed by atoms with Gasteiger partial charge in [-0.2, -0.15) is 0 Å². The summed E-state index contributed by atoms with van der Waals surface area (Å²) >= 11 is 0. The highest BCUT2D eigenvalue weighted by atomic mass is 16.5. The molecule has 1 aliphatic rings. The van der Waals surface area contributed by atoms with Crippen LogP contribution in [0.1, 0.15) is 17.2 Å². The standard InChI is InChI=1S/C15H13NO2/c1-10-7-8-12-13(9-10)18-15(17)14(16-12)11-5-3-2-4-6-11/h2-9,14,16H,1H3/t14-/m0/s1. The monoisotopic (exact) mass is 239 g/mol. The first kappa shape index (κ1) is 10.8. The van der Waals surface area contributed by atoms with Crippen LogP contribution < -0.4 is 10.1 Å². The number of hydrogen-bond donors (Lipinski definition) is 1. The number of carbonyl (C=O) groups is 1. The molecule has 18 heavy (non-hydrogen) atoms. The number of esters is 1. The lowest BCUT2D eigenvalue weighted by atomic mass is 10.0. The molecule has 0 saturated carbocycles. The van der Waals surface area contributed by atoms with Gasteiger partial charge < -0.3 is 10.1 Å². The normalized spacial score (nSPS) is 17.6. The van der Waals surface area contributed by atoms with Gasteiger partial charge in [0.15, 0.2) is 11.8 Å². The van der Waals surface area contributed by atoms with Crippen LogP contribution in [0.15, 0.2) is 48.5 Å². The molecule has 0 amide bonds. The molecular formula is C15H13NO2. The molecule has 1 aliphatic heterocycles. The number of anilines is 1. The van der Waals surface area contributed by atoms with Gasteiger partial charge in [0.1, 0.15) is 0 Å². The van der Waals surface area contributed by atoms with E-state index < -0.39 is 6.04 Å². The second kappa shape index (κ2) is 4.18. The van der Waals surface area contributed by atoms with Crippen LogP contribution in [0.3, 0.4) is 0 Å². The van der Waals surface area contributed by atoms with E-state index in [9.17, 15) is 4.79 Å². The van der Waals surface area contributed by atoms with E-state index in [0.717, 1.165) is 16.8 Å². The van der Waals surface area contributed by atoms with Crippen molar-refractivity contribution in [1.29, 1.82) is 0 Å². The Labute approximate surface area is 105 Å². The third kappa shape index (κ3) is 1.84. The highest BCUT2D eigenvalue weighted by molar-refractivity contribution is 5.88. The average Bonchev–Trinajstić information content (AvgIpc) is 2.39. The quantitative estimate of drug-likeness (QED) is 0.614. The number of hydrogen-bond acceptors (Lipinski definition) is 3. The van der Waals surface area contributed by atoms with E-state index in [2.05, 4.69) is 5.32 Å². The summed E-state index contributed by atoms with van der Waals surface area (Å²) in [6.45, 7) is 1.97. The maximum Gasteiger partial charge on any atom is 0.338 e. The predicted molar refractivity (Wildman–Crippen MR) is 69.6 cm³/mol. The van der Waals surface area contributed by atoms with Crippen molar-refractivity contribution in [2.75, 3.05) is 5.32 Å². The Morgan fingerprint density at radius 2 is 1.89 bits per heavy atom. The highest BCUT2D eigenvalue weighted by Crippen LogP contribution is 2.34. The van der Waals surface area contributed by atoms with E-state index in [-0.39, 0.29) is 5.97 Å². The molecule has 1 N–H and O–H groups in total. The summed E-state index contributed by atoms with van der Waals surface area (Å²) < 4.78 is 5.38. The molecular weight excluding hydrogens is 226 g/mol. The number of fused-ring (bicyclic) bond motifs is 1. The minimum atomic E-state index is -0.429. The van der Waals surface area contributed by atoms with Crippen LogP contribution in [0.5, 0.6) is 5.75 Å². The van der Waals surface area contributed by atoms with Gasteiger partial charge in [0.25, 0.3) is 0 Å². The molecule has 1 heterocycles. The molecule has 3 rings (SSSR count). The summed E-state index contributed by atoms with van der Waals surface area (Å²) in [5.74, 6) is 0.339. The second-order valence-corrected chi connectivity index (χ2v) is 4.41. The summed E-state index contributed by atoms with van der Waals surface area (Å²) in [4.78, 5) is 12.0. The van der Waals surface area contributed by atoms with Gasteiger partial charge in [-0.15, -0.1) is 0 Å². The topological polar surface area (TPSA) is 38.3 Å². The zero-order chi connectivity index (χ0) is 12.5. The lowest BCUT2D eigenvalue weighted by Crippen LogP contribution is -2.29. The Balaban J connectivity index is 1.97. The van der Waals surface area contributed by atoms with Gasteiger partial charge >= 0.3 is 5.97 Å². The number of nitrogens with one attached hydrogen (secondary N) is 1. The molecule has 0 fully saturated rings. The van der Waals surface area contributed by atoms with Crippen molar-refractivity contribution >= 4 is 11.7 Å². The van der Waals surface area contributed by atoms with E-state index in [1.54, 1.807) is 0 Å². The van der Waals surface area contributed by atoms with Crippen molar-refractivity contribution in [2.45, 2.75) is 13.0 Å². The van der Waals surface area contributed by atoms with Gasteiger partial charge in [0, 0.05) is 0 Å². The number of benzene rings is 2. The number of rotatable bonds is 1. The number of aryl methyl sites for hydroxylation is 1. The fraction of sp³-hybridized carbons (Fsp3) is 0.133. The zero-order valence-corrected chi connectivity index (χ0v) is 10.0. The third-order valence-electron chi connectivity index (χ3n) is 3.02. The number of carbonyl (C=O) groups excluding carboxylic acids is 1. The van der Waals surface area contributed by atoms with Crippen LogP contribution in [0, 0.1) is 6.92 Å². The molecule has 1 atom stereocenters. The zero-order valence-electron chi connectivity index (χ0n) is 10.0. The molecule has 0 aliphatic carbocycles. The fourth-order valence-corrected chi connectivity index (χ4v) is 2.08. The van der Waals surface area contributed by atoms with Crippen LogP contribution >= 0.6 is 0 Å². The van der Waals surface area contributed by atoms with Crippen LogP contribution in [0.2, 0.25) is 0 Å². The van der Waals surface area contributed by atoms with Gasteiger partial charge in [-0.3, -0.25) is 0 Å². The largest absolute Gasteiger partial charge is 0.423 e. The first-order chi connectivity index (χ1) is 8.74. The Morgan fingerprint density at radius 3 is 2.67 bits per heavy atom. The van der Waals surface area contributed by atoms with Crippen LogP contribution in [0.4, 0.5) is 5.69 Å². The average molecular weight is 239 g/mol. The first-order valence-electron chi connectivity index (χ1n) is 5.88. The molecule has 2 aromatic carbocycles. The molecule has 90 valence electrons. The van der Waals surface area contributed by atoms with Crippen LogP contribution in [0.25, 0.3) is 0 Å². The molecule has 3 heteroatoms. The summed E-state index contributed by atoms with van der Waals surface area (Å²) in [5.41, 5.74) is 2.84. The minimum absolute atomic E-state index is 0.265. The SMILES string of the molecule is Cc1ccc2c(c1)OC(=O)[C@H](c1ccccc1)N2. The highest BCUT2D eigenvalue weighted by Gasteiger charge is 2.28. The van der Waals surface area contributed by atoms with Gasteiger partial charge in [-0.25, -0.2) is 4.79 Å². The summed E-state index contributed by atoms with van der Waals surface area (Å²) in [7, 11) is 0. The van der Waals surface area contributed by atoms with E-state index >= 15 is 0 Å². The van der Waals surface area contributed by atoms with Crippen molar-refractivity contribution < 1.29 is 9.53 Å². The predicted octanol–water partition coefficient (Wildman–Crippen LogP) is 3.07. The number of ether oxygens (including phenoxy) is 1. The van der Waals surface area contributed by atoms with Crippen LogP contribution in [-0.2, 0) is 4.79 Å². The van der Waals surface area contributed by atoms with Gasteiger partial charge in [-0.05, 0) is 30.2 Å².